The maximum atomic E-state index is 12.2. The Kier molecular flexibility index (Phi) is 10.2. The fourth-order valence-corrected chi connectivity index (χ4v) is 2.54. The van der Waals surface area contributed by atoms with Crippen molar-refractivity contribution in [2.45, 2.75) is 65.8 Å². The summed E-state index contributed by atoms with van der Waals surface area (Å²) in [6.07, 6.45) is 3.65. The Morgan fingerprint density at radius 2 is 1.88 bits per heavy atom. The van der Waals surface area contributed by atoms with Gasteiger partial charge in [-0.1, -0.05) is 39.7 Å². The van der Waals surface area contributed by atoms with Crippen LogP contribution < -0.4 is 14.8 Å². The van der Waals surface area contributed by atoms with Gasteiger partial charge in [-0.25, -0.2) is 4.79 Å². The summed E-state index contributed by atoms with van der Waals surface area (Å²) in [4.78, 5) is 24.2. The number of esters is 1. The van der Waals surface area contributed by atoms with Gasteiger partial charge in [0.15, 0.2) is 11.5 Å². The molecule has 6 nitrogen and oxygen atoms in total. The van der Waals surface area contributed by atoms with Gasteiger partial charge in [0.1, 0.15) is 6.04 Å². The van der Waals surface area contributed by atoms with Crippen LogP contribution in [0.25, 0.3) is 0 Å². The molecule has 1 aliphatic rings. The van der Waals surface area contributed by atoms with Gasteiger partial charge in [-0.2, -0.15) is 0 Å². The number of carbonyl (C=O) groups is 2. The average molecular weight is 365 g/mol. The molecule has 1 aliphatic heterocycles. The van der Waals surface area contributed by atoms with Crippen LogP contribution in [-0.2, 0) is 20.7 Å². The quantitative estimate of drug-likeness (QED) is 0.534. The second-order valence-corrected chi connectivity index (χ2v) is 5.72. The number of ether oxygens (including phenoxy) is 3. The minimum Gasteiger partial charge on any atom is -0.464 e. The van der Waals surface area contributed by atoms with Crippen molar-refractivity contribution in [1.82, 2.24) is 5.32 Å². The van der Waals surface area contributed by atoms with E-state index in [1.807, 2.05) is 32.0 Å². The van der Waals surface area contributed by atoms with Crippen LogP contribution in [0.5, 0.6) is 11.5 Å². The number of hydrogen-bond donors (Lipinski definition) is 1. The number of fused-ring (bicyclic) bond motifs is 1. The molecule has 1 unspecified atom stereocenters. The molecule has 0 saturated heterocycles. The summed E-state index contributed by atoms with van der Waals surface area (Å²) in [6.45, 7) is 8.31. The van der Waals surface area contributed by atoms with Gasteiger partial charge < -0.3 is 19.5 Å². The number of unbranched alkanes of at least 4 members (excludes halogenated alkanes) is 2. The van der Waals surface area contributed by atoms with E-state index in [2.05, 4.69) is 12.2 Å². The van der Waals surface area contributed by atoms with E-state index in [1.165, 1.54) is 0 Å². The first-order valence-electron chi connectivity index (χ1n) is 9.48. The predicted molar refractivity (Wildman–Crippen MR) is 100 cm³/mol. The molecule has 0 aromatic heterocycles. The van der Waals surface area contributed by atoms with Crippen molar-refractivity contribution < 1.29 is 23.8 Å². The minimum atomic E-state index is -0.695. The molecule has 0 fully saturated rings. The van der Waals surface area contributed by atoms with Crippen LogP contribution in [0.1, 0.15) is 58.9 Å². The Hall–Kier alpha value is -2.24. The molecular formula is C20H31NO5. The van der Waals surface area contributed by atoms with Crippen LogP contribution in [0.3, 0.4) is 0 Å². The van der Waals surface area contributed by atoms with E-state index < -0.39 is 12.0 Å². The SMILES string of the molecule is CC.CCCCCC(=O)NC(Cc1ccc2c(c1)OCO2)C(=O)OCC. The maximum absolute atomic E-state index is 12.2. The highest BCUT2D eigenvalue weighted by atomic mass is 16.7. The Bertz CT molecular complexity index is 573. The molecule has 1 atom stereocenters. The highest BCUT2D eigenvalue weighted by molar-refractivity contribution is 5.84. The van der Waals surface area contributed by atoms with E-state index >= 15 is 0 Å². The van der Waals surface area contributed by atoms with Gasteiger partial charge in [0.2, 0.25) is 12.7 Å². The van der Waals surface area contributed by atoms with Crippen LogP contribution in [0.4, 0.5) is 0 Å². The van der Waals surface area contributed by atoms with Gasteiger partial charge in [-0.05, 0) is 31.0 Å². The topological polar surface area (TPSA) is 73.9 Å². The third-order valence-corrected chi connectivity index (χ3v) is 3.79. The first kappa shape index (κ1) is 21.8. The molecule has 1 aromatic carbocycles. The van der Waals surface area contributed by atoms with Gasteiger partial charge in [-0.3, -0.25) is 4.79 Å². The summed E-state index contributed by atoms with van der Waals surface area (Å²) >= 11 is 0. The molecule has 0 aliphatic carbocycles. The number of amides is 1. The molecule has 0 spiro atoms. The summed E-state index contributed by atoms with van der Waals surface area (Å²) in [5, 5.41) is 2.79. The monoisotopic (exact) mass is 365 g/mol. The molecule has 0 radical (unpaired) electrons. The van der Waals surface area contributed by atoms with Crippen LogP contribution in [0.2, 0.25) is 0 Å². The van der Waals surface area contributed by atoms with Crippen LogP contribution in [0, 0.1) is 0 Å². The Morgan fingerprint density at radius 1 is 1.15 bits per heavy atom. The van der Waals surface area contributed by atoms with Gasteiger partial charge in [0.25, 0.3) is 0 Å². The second kappa shape index (κ2) is 12.2. The number of nitrogens with one attached hydrogen (secondary N) is 1. The van der Waals surface area contributed by atoms with Gasteiger partial charge >= 0.3 is 5.97 Å². The summed E-state index contributed by atoms with van der Waals surface area (Å²) in [5.74, 6) is 0.806. The molecule has 6 heteroatoms. The molecule has 0 bridgehead atoms. The van der Waals surface area contributed by atoms with Crippen molar-refractivity contribution in [2.75, 3.05) is 13.4 Å². The van der Waals surface area contributed by atoms with Crippen molar-refractivity contribution in [3.8, 4) is 11.5 Å². The fraction of sp³-hybridized carbons (Fsp3) is 0.600. The lowest BCUT2D eigenvalue weighted by Gasteiger charge is -2.17. The lowest BCUT2D eigenvalue weighted by atomic mass is 10.0. The smallest absolute Gasteiger partial charge is 0.328 e. The molecule has 0 saturated carbocycles. The minimum absolute atomic E-state index is 0.123. The molecule has 1 heterocycles. The van der Waals surface area contributed by atoms with Gasteiger partial charge in [-0.15, -0.1) is 0 Å². The van der Waals surface area contributed by atoms with Crippen molar-refractivity contribution in [2.24, 2.45) is 0 Å². The average Bonchev–Trinajstić information content (AvgIpc) is 3.11. The predicted octanol–water partition coefficient (Wildman–Crippen LogP) is 3.61. The van der Waals surface area contributed by atoms with Crippen LogP contribution in [-0.4, -0.2) is 31.3 Å². The normalized spacial score (nSPS) is 12.6. The zero-order valence-corrected chi connectivity index (χ0v) is 16.3. The Morgan fingerprint density at radius 3 is 2.58 bits per heavy atom. The Labute approximate surface area is 156 Å². The van der Waals surface area contributed by atoms with E-state index in [4.69, 9.17) is 14.2 Å². The van der Waals surface area contributed by atoms with E-state index in [-0.39, 0.29) is 19.3 Å². The highest BCUT2D eigenvalue weighted by Crippen LogP contribution is 2.32. The summed E-state index contributed by atoms with van der Waals surface area (Å²) in [6, 6.07) is 4.81. The van der Waals surface area contributed by atoms with Crippen molar-refractivity contribution in [1.29, 1.82) is 0 Å². The zero-order chi connectivity index (χ0) is 19.4. The third-order valence-electron chi connectivity index (χ3n) is 3.79. The molecule has 2 rings (SSSR count). The van der Waals surface area contributed by atoms with Crippen molar-refractivity contribution >= 4 is 11.9 Å². The molecule has 1 aromatic rings. The summed E-state index contributed by atoms with van der Waals surface area (Å²) in [5.41, 5.74) is 0.881. The van der Waals surface area contributed by atoms with Crippen molar-refractivity contribution in [3.63, 3.8) is 0 Å². The second-order valence-electron chi connectivity index (χ2n) is 5.72. The molecule has 146 valence electrons. The van der Waals surface area contributed by atoms with Gasteiger partial charge in [0.05, 0.1) is 6.61 Å². The summed E-state index contributed by atoms with van der Waals surface area (Å²) in [7, 11) is 0. The molecule has 26 heavy (non-hydrogen) atoms. The number of hydrogen-bond acceptors (Lipinski definition) is 5. The number of benzene rings is 1. The van der Waals surface area contributed by atoms with Crippen LogP contribution in [0.15, 0.2) is 18.2 Å². The van der Waals surface area contributed by atoms with Crippen molar-refractivity contribution in [3.05, 3.63) is 23.8 Å². The van der Waals surface area contributed by atoms with Gasteiger partial charge in [0, 0.05) is 12.8 Å². The van der Waals surface area contributed by atoms with E-state index in [0.717, 1.165) is 24.8 Å². The third kappa shape index (κ3) is 6.94. The lowest BCUT2D eigenvalue weighted by Crippen LogP contribution is -2.43. The van der Waals surface area contributed by atoms with E-state index in [0.29, 0.717) is 24.3 Å². The zero-order valence-electron chi connectivity index (χ0n) is 16.3. The number of carbonyl (C=O) groups excluding carboxylic acids is 2. The standard InChI is InChI=1S/C18H25NO5.C2H6/c1-3-5-6-7-17(20)19-14(18(21)22-4-2)10-13-8-9-15-16(11-13)24-12-23-15;1-2/h8-9,11,14H,3-7,10,12H2,1-2H3,(H,19,20);1-2H3. The van der Waals surface area contributed by atoms with Crippen LogP contribution >= 0.6 is 0 Å². The molecule has 1 amide bonds. The molecular weight excluding hydrogens is 334 g/mol. The highest BCUT2D eigenvalue weighted by Gasteiger charge is 2.23. The number of rotatable bonds is 9. The molecule has 1 N–H and O–H groups in total. The largest absolute Gasteiger partial charge is 0.464 e. The Balaban J connectivity index is 0.00000163. The maximum Gasteiger partial charge on any atom is 0.328 e. The van der Waals surface area contributed by atoms with E-state index in [1.54, 1.807) is 6.92 Å². The fourth-order valence-electron chi connectivity index (χ4n) is 2.54. The van der Waals surface area contributed by atoms with E-state index in [9.17, 15) is 9.59 Å². The first-order valence-corrected chi connectivity index (χ1v) is 9.48. The lowest BCUT2D eigenvalue weighted by molar-refractivity contribution is -0.147. The first-order chi connectivity index (χ1) is 12.6. The summed E-state index contributed by atoms with van der Waals surface area (Å²) < 4.78 is 15.7.